The molecule has 0 atom stereocenters. The first-order valence-electron chi connectivity index (χ1n) is 6.44. The molecule has 1 amide bonds. The van der Waals surface area contributed by atoms with Gasteiger partial charge in [-0.1, -0.05) is 5.16 Å². The molecular formula is C13H24IN5O2. The van der Waals surface area contributed by atoms with Crippen molar-refractivity contribution in [1.29, 1.82) is 0 Å². The highest BCUT2D eigenvalue weighted by atomic mass is 127. The van der Waals surface area contributed by atoms with E-state index in [1.54, 1.807) is 13.1 Å². The second-order valence-electron chi connectivity index (χ2n) is 5.55. The van der Waals surface area contributed by atoms with Crippen molar-refractivity contribution in [2.24, 2.45) is 4.99 Å². The van der Waals surface area contributed by atoms with Crippen LogP contribution in [0.1, 0.15) is 26.5 Å². The van der Waals surface area contributed by atoms with Crippen LogP contribution in [0.15, 0.2) is 21.8 Å². The molecule has 120 valence electrons. The molecule has 1 aromatic heterocycles. The Balaban J connectivity index is 0.00000400. The fourth-order valence-corrected chi connectivity index (χ4v) is 1.64. The molecule has 21 heavy (non-hydrogen) atoms. The molecule has 0 aromatic carbocycles. The molecule has 0 unspecified atom stereocenters. The zero-order chi connectivity index (χ0) is 15.2. The molecule has 0 aliphatic carbocycles. The number of nitrogens with zero attached hydrogens (tertiary/aromatic N) is 3. The molecule has 1 heterocycles. The topological polar surface area (TPSA) is 82.8 Å². The van der Waals surface area contributed by atoms with Gasteiger partial charge < -0.3 is 20.1 Å². The standard InChI is InChI=1S/C13H23N5O2.HI/c1-13(2,3)16-11(19)8-15-12(14-4)18(5)9-10-6-7-20-17-10;/h6-7H,8-9H2,1-5H3,(H,14,15)(H,16,19);1H. The van der Waals surface area contributed by atoms with Gasteiger partial charge in [-0.2, -0.15) is 0 Å². The summed E-state index contributed by atoms with van der Waals surface area (Å²) in [7, 11) is 3.54. The Kier molecular flexibility index (Phi) is 8.30. The molecule has 0 radical (unpaired) electrons. The Bertz CT molecular complexity index is 454. The third kappa shape index (κ3) is 7.88. The summed E-state index contributed by atoms with van der Waals surface area (Å²) in [6.07, 6.45) is 1.52. The van der Waals surface area contributed by atoms with Crippen molar-refractivity contribution in [1.82, 2.24) is 20.7 Å². The largest absolute Gasteiger partial charge is 0.364 e. The van der Waals surface area contributed by atoms with Gasteiger partial charge in [-0.15, -0.1) is 24.0 Å². The number of guanidine groups is 1. The maximum Gasteiger partial charge on any atom is 0.239 e. The molecule has 1 rings (SSSR count). The maximum atomic E-state index is 11.7. The van der Waals surface area contributed by atoms with Crippen LogP contribution >= 0.6 is 24.0 Å². The van der Waals surface area contributed by atoms with Crippen molar-refractivity contribution >= 4 is 35.8 Å². The molecule has 0 spiro atoms. The monoisotopic (exact) mass is 409 g/mol. The van der Waals surface area contributed by atoms with Gasteiger partial charge in [0, 0.05) is 25.7 Å². The zero-order valence-electron chi connectivity index (χ0n) is 13.1. The number of rotatable bonds is 4. The minimum absolute atomic E-state index is 0. The number of amides is 1. The van der Waals surface area contributed by atoms with Crippen LogP contribution in [-0.4, -0.2) is 48.1 Å². The minimum atomic E-state index is -0.241. The van der Waals surface area contributed by atoms with E-state index < -0.39 is 0 Å². The van der Waals surface area contributed by atoms with Gasteiger partial charge in [-0.3, -0.25) is 9.79 Å². The van der Waals surface area contributed by atoms with Crippen molar-refractivity contribution < 1.29 is 9.32 Å². The number of halogens is 1. The highest BCUT2D eigenvalue weighted by molar-refractivity contribution is 14.0. The van der Waals surface area contributed by atoms with Gasteiger partial charge in [-0.25, -0.2) is 0 Å². The van der Waals surface area contributed by atoms with E-state index in [0.717, 1.165) is 5.69 Å². The summed E-state index contributed by atoms with van der Waals surface area (Å²) >= 11 is 0. The maximum absolute atomic E-state index is 11.7. The van der Waals surface area contributed by atoms with E-state index in [4.69, 9.17) is 4.52 Å². The lowest BCUT2D eigenvalue weighted by Gasteiger charge is -2.23. The van der Waals surface area contributed by atoms with Crippen LogP contribution in [-0.2, 0) is 11.3 Å². The lowest BCUT2D eigenvalue weighted by Crippen LogP contribution is -2.48. The van der Waals surface area contributed by atoms with Gasteiger partial charge in [0.15, 0.2) is 5.96 Å². The Morgan fingerprint density at radius 2 is 2.14 bits per heavy atom. The third-order valence-corrected chi connectivity index (χ3v) is 2.39. The molecule has 2 N–H and O–H groups in total. The summed E-state index contributed by atoms with van der Waals surface area (Å²) in [5.41, 5.74) is 0.559. The van der Waals surface area contributed by atoms with E-state index in [9.17, 15) is 4.79 Å². The van der Waals surface area contributed by atoms with Gasteiger partial charge in [-0.05, 0) is 20.8 Å². The van der Waals surface area contributed by atoms with Crippen LogP contribution in [0.4, 0.5) is 0 Å². The molecule has 0 saturated carbocycles. The summed E-state index contributed by atoms with van der Waals surface area (Å²) in [4.78, 5) is 17.7. The number of nitrogens with one attached hydrogen (secondary N) is 2. The van der Waals surface area contributed by atoms with Gasteiger partial charge >= 0.3 is 0 Å². The summed E-state index contributed by atoms with van der Waals surface area (Å²) < 4.78 is 4.78. The number of aliphatic imine (C=N–C) groups is 1. The first kappa shape index (κ1) is 19.7. The molecule has 0 bridgehead atoms. The molecule has 7 nitrogen and oxygen atoms in total. The second kappa shape index (κ2) is 8.85. The number of aromatic nitrogens is 1. The second-order valence-corrected chi connectivity index (χ2v) is 5.55. The molecule has 0 fully saturated rings. The molecule has 0 aliphatic rings. The third-order valence-electron chi connectivity index (χ3n) is 2.39. The Labute approximate surface area is 142 Å². The summed E-state index contributed by atoms with van der Waals surface area (Å²) in [5, 5.41) is 9.73. The SMILES string of the molecule is CN=C(NCC(=O)NC(C)(C)C)N(C)Cc1ccon1.I. The predicted octanol–water partition coefficient (Wildman–Crippen LogP) is 1.21. The van der Waals surface area contributed by atoms with Crippen molar-refractivity contribution in [3.63, 3.8) is 0 Å². The zero-order valence-corrected chi connectivity index (χ0v) is 15.5. The lowest BCUT2D eigenvalue weighted by molar-refractivity contribution is -0.121. The number of hydrogen-bond donors (Lipinski definition) is 2. The van der Waals surface area contributed by atoms with Gasteiger partial charge in [0.2, 0.25) is 5.91 Å². The summed E-state index contributed by atoms with van der Waals surface area (Å²) in [6, 6.07) is 1.79. The van der Waals surface area contributed by atoms with E-state index in [1.165, 1.54) is 6.26 Å². The van der Waals surface area contributed by atoms with Crippen LogP contribution in [0.25, 0.3) is 0 Å². The Hall–Kier alpha value is -1.32. The molecule has 8 heteroatoms. The van der Waals surface area contributed by atoms with E-state index in [1.807, 2.05) is 32.7 Å². The highest BCUT2D eigenvalue weighted by Gasteiger charge is 2.15. The number of carbonyl (C=O) groups excluding carboxylic acids is 1. The summed E-state index contributed by atoms with van der Waals surface area (Å²) in [5.74, 6) is 0.547. The first-order valence-corrected chi connectivity index (χ1v) is 6.44. The molecule has 0 aliphatic heterocycles. The van der Waals surface area contributed by atoms with Gasteiger partial charge in [0.25, 0.3) is 0 Å². The van der Waals surface area contributed by atoms with Crippen molar-refractivity contribution in [3.05, 3.63) is 18.0 Å². The van der Waals surface area contributed by atoms with Crippen LogP contribution in [0.2, 0.25) is 0 Å². The van der Waals surface area contributed by atoms with Crippen LogP contribution in [0.3, 0.4) is 0 Å². The van der Waals surface area contributed by atoms with Crippen LogP contribution < -0.4 is 10.6 Å². The van der Waals surface area contributed by atoms with Crippen molar-refractivity contribution in [2.45, 2.75) is 32.9 Å². The average molecular weight is 409 g/mol. The predicted molar refractivity (Wildman–Crippen MR) is 92.6 cm³/mol. The van der Waals surface area contributed by atoms with E-state index >= 15 is 0 Å². The first-order chi connectivity index (χ1) is 9.31. The lowest BCUT2D eigenvalue weighted by atomic mass is 10.1. The fourth-order valence-electron chi connectivity index (χ4n) is 1.64. The quantitative estimate of drug-likeness (QED) is 0.444. The van der Waals surface area contributed by atoms with Crippen molar-refractivity contribution in [2.75, 3.05) is 20.6 Å². The number of carbonyl (C=O) groups is 1. The minimum Gasteiger partial charge on any atom is -0.364 e. The Morgan fingerprint density at radius 1 is 1.48 bits per heavy atom. The molecule has 1 aromatic rings. The summed E-state index contributed by atoms with van der Waals surface area (Å²) in [6.45, 7) is 6.55. The highest BCUT2D eigenvalue weighted by Crippen LogP contribution is 2.00. The molecular weight excluding hydrogens is 385 g/mol. The van der Waals surface area contributed by atoms with Gasteiger partial charge in [0.1, 0.15) is 12.0 Å². The van der Waals surface area contributed by atoms with Crippen LogP contribution in [0.5, 0.6) is 0 Å². The number of hydrogen-bond acceptors (Lipinski definition) is 4. The van der Waals surface area contributed by atoms with E-state index in [-0.39, 0.29) is 42.0 Å². The van der Waals surface area contributed by atoms with Crippen LogP contribution in [0, 0.1) is 0 Å². The average Bonchev–Trinajstić information content (AvgIpc) is 2.80. The normalized spacial score (nSPS) is 11.6. The molecule has 0 saturated heterocycles. The smallest absolute Gasteiger partial charge is 0.239 e. The van der Waals surface area contributed by atoms with Crippen molar-refractivity contribution in [3.8, 4) is 0 Å². The van der Waals surface area contributed by atoms with E-state index in [2.05, 4.69) is 20.8 Å². The Morgan fingerprint density at radius 3 is 2.62 bits per heavy atom. The van der Waals surface area contributed by atoms with Gasteiger partial charge in [0.05, 0.1) is 13.1 Å². The fraction of sp³-hybridized carbons (Fsp3) is 0.615. The van der Waals surface area contributed by atoms with E-state index in [0.29, 0.717) is 12.5 Å².